The molecule has 1 aromatic heterocycles. The van der Waals surface area contributed by atoms with Gasteiger partial charge in [0.1, 0.15) is 0 Å². The number of aryl methyl sites for hydroxylation is 4. The molecule has 0 bridgehead atoms. The van der Waals surface area contributed by atoms with Gasteiger partial charge >= 0.3 is 6.03 Å². The van der Waals surface area contributed by atoms with Crippen LogP contribution in [0.15, 0.2) is 29.2 Å². The molecule has 2 aromatic rings. The Morgan fingerprint density at radius 2 is 1.96 bits per heavy atom. The van der Waals surface area contributed by atoms with Crippen molar-refractivity contribution in [1.82, 2.24) is 14.7 Å². The van der Waals surface area contributed by atoms with E-state index in [2.05, 4.69) is 10.4 Å². The fraction of sp³-hybridized carbons (Fsp3) is 0.412. The normalized spacial score (nSPS) is 11.4. The Morgan fingerprint density at radius 1 is 1.27 bits per heavy atom. The van der Waals surface area contributed by atoms with Crippen LogP contribution in [0.4, 0.5) is 10.5 Å². The predicted molar refractivity (Wildman–Crippen MR) is 101 cm³/mol. The van der Waals surface area contributed by atoms with Crippen molar-refractivity contribution in [1.29, 1.82) is 0 Å². The Kier molecular flexibility index (Phi) is 6.04. The first-order chi connectivity index (χ1) is 12.1. The molecule has 3 N–H and O–H groups in total. The molecule has 0 spiro atoms. The Balaban J connectivity index is 1.95. The molecule has 0 aliphatic carbocycles. The summed E-state index contributed by atoms with van der Waals surface area (Å²) in [5.41, 5.74) is 3.23. The van der Waals surface area contributed by atoms with E-state index in [4.69, 9.17) is 5.14 Å². The smallest absolute Gasteiger partial charge is 0.321 e. The zero-order chi connectivity index (χ0) is 19.5. The fourth-order valence-corrected chi connectivity index (χ4v) is 3.12. The molecule has 0 atom stereocenters. The van der Waals surface area contributed by atoms with Gasteiger partial charge in [-0.1, -0.05) is 6.07 Å². The van der Waals surface area contributed by atoms with Crippen molar-refractivity contribution in [2.45, 2.75) is 38.6 Å². The lowest BCUT2D eigenvalue weighted by molar-refractivity contribution is 0.221. The minimum atomic E-state index is -3.82. The summed E-state index contributed by atoms with van der Waals surface area (Å²) in [4.78, 5) is 13.9. The molecule has 1 heterocycles. The van der Waals surface area contributed by atoms with E-state index < -0.39 is 10.0 Å². The number of rotatable bonds is 6. The number of nitrogens with two attached hydrogens (primary N) is 1. The summed E-state index contributed by atoms with van der Waals surface area (Å²) in [5, 5.41) is 12.3. The van der Waals surface area contributed by atoms with Crippen molar-refractivity contribution >= 4 is 21.7 Å². The second kappa shape index (κ2) is 7.88. The molecule has 0 saturated carbocycles. The average Bonchev–Trinajstić information content (AvgIpc) is 2.86. The first-order valence-corrected chi connectivity index (χ1v) is 9.79. The summed E-state index contributed by atoms with van der Waals surface area (Å²) in [6.07, 6.45) is 0.752. The van der Waals surface area contributed by atoms with Gasteiger partial charge in [0, 0.05) is 31.5 Å². The topological polar surface area (TPSA) is 110 Å². The lowest BCUT2D eigenvalue weighted by Crippen LogP contribution is -2.33. The number of nitrogens with one attached hydrogen (secondary N) is 1. The molecular formula is C17H25N5O3S. The van der Waals surface area contributed by atoms with Crippen LogP contribution in [0.5, 0.6) is 0 Å². The summed E-state index contributed by atoms with van der Waals surface area (Å²) in [5.74, 6) is 0. The molecule has 0 aliphatic heterocycles. The number of sulfonamides is 1. The lowest BCUT2D eigenvalue weighted by Gasteiger charge is -2.19. The molecule has 0 fully saturated rings. The highest BCUT2D eigenvalue weighted by Crippen LogP contribution is 2.19. The number of nitrogens with zero attached hydrogens (tertiary/aromatic N) is 3. The third-order valence-electron chi connectivity index (χ3n) is 4.09. The maximum atomic E-state index is 12.4. The third-order valence-corrected chi connectivity index (χ3v) is 5.00. The number of primary sulfonamides is 1. The maximum absolute atomic E-state index is 12.4. The van der Waals surface area contributed by atoms with Crippen LogP contribution in [-0.4, -0.2) is 42.7 Å². The number of hydrogen-bond donors (Lipinski definition) is 2. The van der Waals surface area contributed by atoms with E-state index in [0.717, 1.165) is 29.9 Å². The number of carbonyl (C=O) groups excluding carboxylic acids is 1. The molecular weight excluding hydrogens is 354 g/mol. The first-order valence-electron chi connectivity index (χ1n) is 8.24. The van der Waals surface area contributed by atoms with Gasteiger partial charge in [-0.3, -0.25) is 4.68 Å². The van der Waals surface area contributed by atoms with Gasteiger partial charge in [-0.25, -0.2) is 18.4 Å². The highest BCUT2D eigenvalue weighted by Gasteiger charge is 2.14. The second-order valence-electron chi connectivity index (χ2n) is 6.38. The van der Waals surface area contributed by atoms with Crippen LogP contribution < -0.4 is 10.5 Å². The van der Waals surface area contributed by atoms with E-state index in [9.17, 15) is 13.2 Å². The van der Waals surface area contributed by atoms with Crippen LogP contribution in [0, 0.1) is 20.8 Å². The number of benzene rings is 1. The van der Waals surface area contributed by atoms with Crippen molar-refractivity contribution in [2.75, 3.05) is 18.9 Å². The number of hydrogen-bond acceptors (Lipinski definition) is 4. The minimum Gasteiger partial charge on any atom is -0.328 e. The quantitative estimate of drug-likeness (QED) is 0.800. The van der Waals surface area contributed by atoms with Crippen LogP contribution in [0.2, 0.25) is 0 Å². The number of amides is 2. The van der Waals surface area contributed by atoms with Crippen molar-refractivity contribution in [3.63, 3.8) is 0 Å². The van der Waals surface area contributed by atoms with E-state index in [0.29, 0.717) is 12.2 Å². The van der Waals surface area contributed by atoms with Crippen LogP contribution in [-0.2, 0) is 16.6 Å². The van der Waals surface area contributed by atoms with Gasteiger partial charge in [0.15, 0.2) is 0 Å². The van der Waals surface area contributed by atoms with Gasteiger partial charge in [0.25, 0.3) is 0 Å². The summed E-state index contributed by atoms with van der Waals surface area (Å²) in [7, 11) is -2.13. The lowest BCUT2D eigenvalue weighted by atomic mass is 10.2. The summed E-state index contributed by atoms with van der Waals surface area (Å²) in [6.45, 7) is 6.99. The Bertz CT molecular complexity index is 905. The van der Waals surface area contributed by atoms with Crippen LogP contribution >= 0.6 is 0 Å². The Labute approximate surface area is 154 Å². The molecule has 0 radical (unpaired) electrons. The fourth-order valence-electron chi connectivity index (χ4n) is 2.58. The molecule has 142 valence electrons. The average molecular weight is 379 g/mol. The van der Waals surface area contributed by atoms with Gasteiger partial charge in [-0.2, -0.15) is 5.10 Å². The van der Waals surface area contributed by atoms with Crippen molar-refractivity contribution in [2.24, 2.45) is 5.14 Å². The highest BCUT2D eigenvalue weighted by atomic mass is 32.2. The van der Waals surface area contributed by atoms with E-state index in [-0.39, 0.29) is 10.9 Å². The van der Waals surface area contributed by atoms with Gasteiger partial charge in [0.2, 0.25) is 10.0 Å². The van der Waals surface area contributed by atoms with Gasteiger partial charge in [-0.15, -0.1) is 0 Å². The van der Waals surface area contributed by atoms with Gasteiger partial charge < -0.3 is 10.2 Å². The third kappa shape index (κ3) is 5.06. The molecule has 9 heteroatoms. The van der Waals surface area contributed by atoms with E-state index in [1.807, 2.05) is 24.6 Å². The molecule has 2 amide bonds. The van der Waals surface area contributed by atoms with Gasteiger partial charge in [0.05, 0.1) is 10.6 Å². The molecule has 0 aliphatic rings. The molecule has 1 aromatic carbocycles. The van der Waals surface area contributed by atoms with Crippen molar-refractivity contribution < 1.29 is 13.2 Å². The monoisotopic (exact) mass is 379 g/mol. The standard InChI is InChI=1S/C17H25N5O3S/c1-12-6-7-15(26(18,24)25)11-16(12)19-17(23)21(4)8-5-9-22-14(3)10-13(2)20-22/h6-7,10-11H,5,8-9H2,1-4H3,(H,19,23)(H2,18,24,25). The first kappa shape index (κ1) is 19.9. The number of carbonyl (C=O) groups is 1. The van der Waals surface area contributed by atoms with E-state index in [1.54, 1.807) is 24.9 Å². The van der Waals surface area contributed by atoms with Crippen molar-refractivity contribution in [3.05, 3.63) is 41.2 Å². The molecule has 0 unspecified atom stereocenters. The van der Waals surface area contributed by atoms with Crippen LogP contribution in [0.25, 0.3) is 0 Å². The SMILES string of the molecule is Cc1cc(C)n(CCCN(C)C(=O)Nc2cc(S(N)(=O)=O)ccc2C)n1. The zero-order valence-electron chi connectivity index (χ0n) is 15.5. The number of anilines is 1. The highest BCUT2D eigenvalue weighted by molar-refractivity contribution is 7.89. The molecule has 26 heavy (non-hydrogen) atoms. The van der Waals surface area contributed by atoms with E-state index in [1.165, 1.54) is 12.1 Å². The Hall–Kier alpha value is -2.39. The van der Waals surface area contributed by atoms with Gasteiger partial charge in [-0.05, 0) is 51.0 Å². The zero-order valence-corrected chi connectivity index (χ0v) is 16.3. The summed E-state index contributed by atoms with van der Waals surface area (Å²) in [6, 6.07) is 6.09. The summed E-state index contributed by atoms with van der Waals surface area (Å²) >= 11 is 0. The van der Waals surface area contributed by atoms with Crippen LogP contribution in [0.1, 0.15) is 23.4 Å². The van der Waals surface area contributed by atoms with E-state index >= 15 is 0 Å². The molecule has 8 nitrogen and oxygen atoms in total. The Morgan fingerprint density at radius 3 is 2.54 bits per heavy atom. The maximum Gasteiger partial charge on any atom is 0.321 e. The molecule has 2 rings (SSSR count). The predicted octanol–water partition coefficient (Wildman–Crippen LogP) is 2.01. The van der Waals surface area contributed by atoms with Crippen LogP contribution in [0.3, 0.4) is 0 Å². The summed E-state index contributed by atoms with van der Waals surface area (Å²) < 4.78 is 24.9. The number of urea groups is 1. The second-order valence-corrected chi connectivity index (χ2v) is 7.94. The largest absolute Gasteiger partial charge is 0.328 e. The van der Waals surface area contributed by atoms with Crippen molar-refractivity contribution in [3.8, 4) is 0 Å². The minimum absolute atomic E-state index is 0.0365. The molecule has 0 saturated heterocycles. The number of aromatic nitrogens is 2.